The van der Waals surface area contributed by atoms with E-state index in [-0.39, 0.29) is 23.5 Å². The number of nitrogens with zero attached hydrogens (tertiary/aromatic N) is 2. The number of carbonyl (C=O) groups is 3. The highest BCUT2D eigenvalue weighted by molar-refractivity contribution is 5.98. The van der Waals surface area contributed by atoms with Gasteiger partial charge in [-0.25, -0.2) is 0 Å². The standard InChI is InChI=1S/C25H28N2O3/c28-23-9-5-15-26(23)17-14-24(29)27-16-4-8-22(18-27)25(30)21-12-10-20(11-13-21)19-6-2-1-3-7-19/h1-3,6-7,10-13,22H,4-5,8-9,14-18H2. The van der Waals surface area contributed by atoms with E-state index in [1.807, 2.05) is 47.4 Å². The van der Waals surface area contributed by atoms with Gasteiger partial charge >= 0.3 is 0 Å². The van der Waals surface area contributed by atoms with Crippen molar-refractivity contribution in [2.75, 3.05) is 26.2 Å². The lowest BCUT2D eigenvalue weighted by Gasteiger charge is -2.32. The van der Waals surface area contributed by atoms with E-state index in [1.54, 1.807) is 4.90 Å². The molecule has 30 heavy (non-hydrogen) atoms. The zero-order chi connectivity index (χ0) is 20.9. The highest BCUT2D eigenvalue weighted by atomic mass is 16.2. The number of piperidine rings is 1. The minimum atomic E-state index is -0.154. The molecule has 2 aliphatic rings. The second-order valence-corrected chi connectivity index (χ2v) is 8.22. The average Bonchev–Trinajstić information content (AvgIpc) is 3.22. The molecule has 2 amide bonds. The molecule has 0 aliphatic carbocycles. The Morgan fingerprint density at radius 1 is 0.900 bits per heavy atom. The first-order chi connectivity index (χ1) is 14.6. The van der Waals surface area contributed by atoms with Crippen molar-refractivity contribution in [3.8, 4) is 11.1 Å². The van der Waals surface area contributed by atoms with Gasteiger partial charge in [-0.15, -0.1) is 0 Å². The number of hydrogen-bond donors (Lipinski definition) is 0. The molecular formula is C25H28N2O3. The summed E-state index contributed by atoms with van der Waals surface area (Å²) >= 11 is 0. The molecule has 1 atom stereocenters. The molecule has 2 aromatic rings. The van der Waals surface area contributed by atoms with Crippen LogP contribution in [0.3, 0.4) is 0 Å². The van der Waals surface area contributed by atoms with E-state index in [0.29, 0.717) is 38.0 Å². The van der Waals surface area contributed by atoms with Gasteiger partial charge in [-0.05, 0) is 30.4 Å². The maximum Gasteiger partial charge on any atom is 0.224 e. The SMILES string of the molecule is O=C(c1ccc(-c2ccccc2)cc1)C1CCCN(C(=O)CCN2CCCC2=O)C1. The molecule has 5 nitrogen and oxygen atoms in total. The molecule has 2 heterocycles. The minimum Gasteiger partial charge on any atom is -0.342 e. The largest absolute Gasteiger partial charge is 0.342 e. The minimum absolute atomic E-state index is 0.0478. The third-order valence-electron chi connectivity index (χ3n) is 6.19. The Morgan fingerprint density at radius 2 is 1.63 bits per heavy atom. The van der Waals surface area contributed by atoms with Crippen LogP contribution in [0.25, 0.3) is 11.1 Å². The first kappa shape index (κ1) is 20.3. The summed E-state index contributed by atoms with van der Waals surface area (Å²) < 4.78 is 0. The molecule has 2 saturated heterocycles. The Bertz CT molecular complexity index is 908. The molecule has 2 aromatic carbocycles. The molecule has 2 aliphatic heterocycles. The summed E-state index contributed by atoms with van der Waals surface area (Å²) in [6.45, 7) is 2.43. The molecule has 0 bridgehead atoms. The average molecular weight is 405 g/mol. The van der Waals surface area contributed by atoms with E-state index < -0.39 is 0 Å². The van der Waals surface area contributed by atoms with Crippen molar-refractivity contribution in [1.29, 1.82) is 0 Å². The van der Waals surface area contributed by atoms with Gasteiger partial charge in [0.1, 0.15) is 0 Å². The Balaban J connectivity index is 1.35. The maximum atomic E-state index is 13.0. The van der Waals surface area contributed by atoms with E-state index in [1.165, 1.54) is 0 Å². The number of hydrogen-bond acceptors (Lipinski definition) is 3. The molecule has 0 N–H and O–H groups in total. The Kier molecular flexibility index (Phi) is 6.26. The van der Waals surface area contributed by atoms with E-state index >= 15 is 0 Å². The van der Waals surface area contributed by atoms with Gasteiger partial charge in [-0.2, -0.15) is 0 Å². The Hall–Kier alpha value is -2.95. The van der Waals surface area contributed by atoms with Crippen LogP contribution in [0.15, 0.2) is 54.6 Å². The number of ketones is 1. The molecule has 2 fully saturated rings. The lowest BCUT2D eigenvalue weighted by Crippen LogP contribution is -2.43. The molecule has 0 radical (unpaired) electrons. The van der Waals surface area contributed by atoms with Gasteiger partial charge in [-0.3, -0.25) is 14.4 Å². The van der Waals surface area contributed by atoms with Gasteiger partial charge in [0.2, 0.25) is 11.8 Å². The third-order valence-corrected chi connectivity index (χ3v) is 6.19. The van der Waals surface area contributed by atoms with Crippen molar-refractivity contribution >= 4 is 17.6 Å². The second-order valence-electron chi connectivity index (χ2n) is 8.22. The molecule has 5 heteroatoms. The van der Waals surface area contributed by atoms with Crippen LogP contribution in [0.5, 0.6) is 0 Å². The summed E-state index contributed by atoms with van der Waals surface area (Å²) in [7, 11) is 0. The van der Waals surface area contributed by atoms with Gasteiger partial charge in [0.15, 0.2) is 5.78 Å². The molecule has 4 rings (SSSR count). The smallest absolute Gasteiger partial charge is 0.224 e. The van der Waals surface area contributed by atoms with Crippen molar-refractivity contribution < 1.29 is 14.4 Å². The van der Waals surface area contributed by atoms with Crippen LogP contribution in [0.4, 0.5) is 0 Å². The molecule has 0 spiro atoms. The van der Waals surface area contributed by atoms with E-state index in [2.05, 4.69) is 12.1 Å². The number of likely N-dealkylation sites (tertiary alicyclic amines) is 2. The maximum absolute atomic E-state index is 13.0. The van der Waals surface area contributed by atoms with Crippen molar-refractivity contribution in [1.82, 2.24) is 9.80 Å². The Labute approximate surface area is 177 Å². The quantitative estimate of drug-likeness (QED) is 0.689. The number of amides is 2. The first-order valence-electron chi connectivity index (χ1n) is 10.9. The normalized spacial score (nSPS) is 19.2. The third kappa shape index (κ3) is 4.61. The summed E-state index contributed by atoms with van der Waals surface area (Å²) in [5.41, 5.74) is 2.92. The zero-order valence-corrected chi connectivity index (χ0v) is 17.3. The topological polar surface area (TPSA) is 57.7 Å². The lowest BCUT2D eigenvalue weighted by atomic mass is 9.89. The van der Waals surface area contributed by atoms with Gasteiger partial charge in [0.05, 0.1) is 0 Å². The fourth-order valence-corrected chi connectivity index (χ4v) is 4.44. The summed E-state index contributed by atoms with van der Waals surface area (Å²) in [6.07, 6.45) is 3.48. The van der Waals surface area contributed by atoms with Gasteiger partial charge in [0.25, 0.3) is 0 Å². The van der Waals surface area contributed by atoms with Crippen molar-refractivity contribution in [3.63, 3.8) is 0 Å². The summed E-state index contributed by atoms with van der Waals surface area (Å²) in [5.74, 6) is 0.153. The summed E-state index contributed by atoms with van der Waals surface area (Å²) in [5, 5.41) is 0. The first-order valence-corrected chi connectivity index (χ1v) is 10.9. The van der Waals surface area contributed by atoms with Crippen molar-refractivity contribution in [2.45, 2.75) is 32.1 Å². The fourth-order valence-electron chi connectivity index (χ4n) is 4.44. The number of carbonyl (C=O) groups excluding carboxylic acids is 3. The highest BCUT2D eigenvalue weighted by Gasteiger charge is 2.29. The Morgan fingerprint density at radius 3 is 2.33 bits per heavy atom. The van der Waals surface area contributed by atoms with Crippen molar-refractivity contribution in [2.24, 2.45) is 5.92 Å². The van der Waals surface area contributed by atoms with Gasteiger partial charge in [0, 0.05) is 50.5 Å². The van der Waals surface area contributed by atoms with Crippen molar-refractivity contribution in [3.05, 3.63) is 60.2 Å². The fraction of sp³-hybridized carbons (Fsp3) is 0.400. The van der Waals surface area contributed by atoms with Gasteiger partial charge < -0.3 is 9.80 Å². The van der Waals surface area contributed by atoms with Crippen LogP contribution in [0.1, 0.15) is 42.5 Å². The summed E-state index contributed by atoms with van der Waals surface area (Å²) in [4.78, 5) is 41.0. The molecule has 0 aromatic heterocycles. The number of benzene rings is 2. The number of rotatable bonds is 6. The zero-order valence-electron chi connectivity index (χ0n) is 17.3. The van der Waals surface area contributed by atoms with E-state index in [4.69, 9.17) is 0 Å². The second kappa shape index (κ2) is 9.24. The highest BCUT2D eigenvalue weighted by Crippen LogP contribution is 2.24. The predicted octanol–water partition coefficient (Wildman–Crippen LogP) is 3.79. The molecule has 156 valence electrons. The van der Waals surface area contributed by atoms with Crippen LogP contribution in [0.2, 0.25) is 0 Å². The molecule has 0 saturated carbocycles. The van der Waals surface area contributed by atoms with Crippen LogP contribution < -0.4 is 0 Å². The van der Waals surface area contributed by atoms with Crippen LogP contribution in [0, 0.1) is 5.92 Å². The van der Waals surface area contributed by atoms with Crippen LogP contribution in [-0.2, 0) is 9.59 Å². The number of Topliss-reactive ketones (excluding diaryl/α,β-unsaturated/α-hetero) is 1. The monoisotopic (exact) mass is 404 g/mol. The van der Waals surface area contributed by atoms with Crippen LogP contribution in [-0.4, -0.2) is 53.6 Å². The predicted molar refractivity (Wildman–Crippen MR) is 116 cm³/mol. The van der Waals surface area contributed by atoms with E-state index in [0.717, 1.165) is 36.9 Å². The molecule has 1 unspecified atom stereocenters. The lowest BCUT2D eigenvalue weighted by molar-refractivity contribution is -0.134. The van der Waals surface area contributed by atoms with Gasteiger partial charge in [-0.1, -0.05) is 54.6 Å². The van der Waals surface area contributed by atoms with Crippen LogP contribution >= 0.6 is 0 Å². The molecular weight excluding hydrogens is 376 g/mol. The van der Waals surface area contributed by atoms with E-state index in [9.17, 15) is 14.4 Å². The summed E-state index contributed by atoms with van der Waals surface area (Å²) in [6, 6.07) is 17.9.